The minimum atomic E-state index is -0.263. The molecule has 7 heteroatoms. The summed E-state index contributed by atoms with van der Waals surface area (Å²) in [6, 6.07) is 4.15. The molecule has 2 aromatic rings. The van der Waals surface area contributed by atoms with E-state index in [4.69, 9.17) is 0 Å². The smallest absolute Gasteiger partial charge is 0.220 e. The van der Waals surface area contributed by atoms with Crippen LogP contribution in [0.15, 0.2) is 22.1 Å². The molecule has 3 heterocycles. The van der Waals surface area contributed by atoms with Crippen molar-refractivity contribution in [2.45, 2.75) is 50.7 Å². The number of aromatic nitrogens is 1. The van der Waals surface area contributed by atoms with E-state index >= 15 is 0 Å². The molecule has 1 aliphatic carbocycles. The molecule has 0 radical (unpaired) electrons. The quantitative estimate of drug-likeness (QED) is 0.660. The summed E-state index contributed by atoms with van der Waals surface area (Å²) in [5, 5.41) is 14.0. The fraction of sp³-hybridized carbons (Fsp3) is 0.471. The van der Waals surface area contributed by atoms with Crippen molar-refractivity contribution in [1.82, 2.24) is 9.88 Å². The van der Waals surface area contributed by atoms with Gasteiger partial charge in [0, 0.05) is 24.0 Å². The molecular formula is C17H20BrN3O2S. The zero-order chi connectivity index (χ0) is 16.8. The number of hydrogen-bond acceptors (Lipinski definition) is 4. The zero-order valence-electron chi connectivity index (χ0n) is 13.4. The second-order valence-corrected chi connectivity index (χ2v) is 9.03. The van der Waals surface area contributed by atoms with Gasteiger partial charge in [0.15, 0.2) is 5.88 Å². The number of H-pyrrole nitrogens is 1. The first-order chi connectivity index (χ1) is 11.6. The highest BCUT2D eigenvalue weighted by molar-refractivity contribution is 9.11. The van der Waals surface area contributed by atoms with E-state index in [-0.39, 0.29) is 29.9 Å². The minimum Gasteiger partial charge on any atom is -0.494 e. The van der Waals surface area contributed by atoms with Crippen molar-refractivity contribution in [2.24, 2.45) is 0 Å². The first kappa shape index (κ1) is 16.0. The number of rotatable bonds is 1. The highest BCUT2D eigenvalue weighted by atomic mass is 79.9. The van der Waals surface area contributed by atoms with Gasteiger partial charge in [-0.3, -0.25) is 4.79 Å². The molecular weight excluding hydrogens is 390 g/mol. The maximum absolute atomic E-state index is 12.6. The number of thiophene rings is 1. The highest BCUT2D eigenvalue weighted by Gasteiger charge is 2.42. The molecule has 1 aliphatic heterocycles. The monoisotopic (exact) mass is 409 g/mol. The zero-order valence-corrected chi connectivity index (χ0v) is 15.8. The van der Waals surface area contributed by atoms with E-state index < -0.39 is 0 Å². The van der Waals surface area contributed by atoms with Gasteiger partial charge in [-0.25, -0.2) is 0 Å². The average Bonchev–Trinajstić information content (AvgIpc) is 3.08. The molecule has 1 saturated carbocycles. The van der Waals surface area contributed by atoms with Crippen molar-refractivity contribution in [3.63, 3.8) is 0 Å². The lowest BCUT2D eigenvalue weighted by Gasteiger charge is -2.41. The van der Waals surface area contributed by atoms with Crippen LogP contribution in [0.25, 0.3) is 0 Å². The number of aromatic amines is 1. The normalized spacial score (nSPS) is 26.2. The van der Waals surface area contributed by atoms with Gasteiger partial charge in [-0.2, -0.15) is 0 Å². The maximum atomic E-state index is 12.6. The number of fused-ring (bicyclic) bond motifs is 2. The Kier molecular flexibility index (Phi) is 4.08. The number of carbonyl (C=O) groups is 1. The van der Waals surface area contributed by atoms with Crippen LogP contribution in [0.2, 0.25) is 0 Å². The number of halogens is 1. The van der Waals surface area contributed by atoms with E-state index in [2.05, 4.69) is 26.2 Å². The van der Waals surface area contributed by atoms with Crippen LogP contribution in [0.3, 0.4) is 0 Å². The van der Waals surface area contributed by atoms with Crippen LogP contribution in [0.5, 0.6) is 5.88 Å². The fourth-order valence-corrected chi connectivity index (χ4v) is 5.67. The number of hydrogen-bond donors (Lipinski definition) is 3. The Labute approximate surface area is 153 Å². The summed E-state index contributed by atoms with van der Waals surface area (Å²) in [6.07, 6.45) is 6.15. The van der Waals surface area contributed by atoms with Crippen LogP contribution in [0, 0.1) is 0 Å². The summed E-state index contributed by atoms with van der Waals surface area (Å²) >= 11 is 5.13. The van der Waals surface area contributed by atoms with E-state index in [1.165, 1.54) is 6.42 Å². The van der Waals surface area contributed by atoms with E-state index in [0.29, 0.717) is 0 Å². The summed E-state index contributed by atoms with van der Waals surface area (Å²) in [6.45, 7) is 1.63. The molecule has 2 aromatic heterocycles. The Bertz CT molecular complexity index is 772. The molecule has 0 spiro atoms. The van der Waals surface area contributed by atoms with Gasteiger partial charge in [0.05, 0.1) is 27.1 Å². The Morgan fingerprint density at radius 2 is 2.17 bits per heavy atom. The van der Waals surface area contributed by atoms with Gasteiger partial charge >= 0.3 is 0 Å². The number of nitrogens with one attached hydrogen (secondary N) is 2. The second-order valence-electron chi connectivity index (χ2n) is 6.54. The molecule has 1 fully saturated rings. The number of aromatic hydroxyl groups is 1. The van der Waals surface area contributed by atoms with Crippen molar-refractivity contribution in [3.8, 4) is 5.88 Å². The van der Waals surface area contributed by atoms with Gasteiger partial charge in [0.1, 0.15) is 0 Å². The molecule has 1 amide bonds. The van der Waals surface area contributed by atoms with E-state index in [9.17, 15) is 9.90 Å². The molecule has 0 bridgehead atoms. The Morgan fingerprint density at radius 1 is 1.38 bits per heavy atom. The van der Waals surface area contributed by atoms with Crippen molar-refractivity contribution < 1.29 is 9.90 Å². The van der Waals surface area contributed by atoms with Gasteiger partial charge in [0.25, 0.3) is 0 Å². The predicted octanol–water partition coefficient (Wildman–Crippen LogP) is 4.22. The van der Waals surface area contributed by atoms with Crippen molar-refractivity contribution in [2.75, 3.05) is 5.32 Å². The molecule has 128 valence electrons. The summed E-state index contributed by atoms with van der Waals surface area (Å²) in [4.78, 5) is 18.6. The lowest BCUT2D eigenvalue weighted by atomic mass is 9.88. The minimum absolute atomic E-state index is 0.0525. The molecule has 3 atom stereocenters. The third kappa shape index (κ3) is 2.54. The lowest BCUT2D eigenvalue weighted by Crippen LogP contribution is -2.50. The molecule has 0 unspecified atom stereocenters. The molecule has 0 aromatic carbocycles. The molecule has 3 N–H and O–H groups in total. The number of nitrogens with zero attached hydrogens (tertiary/aromatic N) is 1. The predicted molar refractivity (Wildman–Crippen MR) is 98.5 cm³/mol. The van der Waals surface area contributed by atoms with Crippen LogP contribution in [0.4, 0.5) is 5.69 Å². The summed E-state index contributed by atoms with van der Waals surface area (Å²) in [7, 11) is 0. The molecule has 2 aliphatic rings. The van der Waals surface area contributed by atoms with E-state index in [1.54, 1.807) is 18.3 Å². The first-order valence-electron chi connectivity index (χ1n) is 8.27. The largest absolute Gasteiger partial charge is 0.494 e. The lowest BCUT2D eigenvalue weighted by molar-refractivity contribution is -0.133. The Balaban J connectivity index is 1.91. The number of carbonyl (C=O) groups excluding carboxylic acids is 1. The Hall–Kier alpha value is -1.47. The SMILES string of the molecule is CC(=O)N1[C@H](c2ccc(Br)s2)c2c(c[nH]c2O)N[C@@H]2CCCC[C@H]21. The summed E-state index contributed by atoms with van der Waals surface area (Å²) in [5.74, 6) is 0.189. The first-order valence-corrected chi connectivity index (χ1v) is 9.88. The van der Waals surface area contributed by atoms with Gasteiger partial charge in [0.2, 0.25) is 5.91 Å². The fourth-order valence-electron chi connectivity index (χ4n) is 4.13. The Morgan fingerprint density at radius 3 is 2.88 bits per heavy atom. The van der Waals surface area contributed by atoms with Gasteiger partial charge in [-0.15, -0.1) is 11.3 Å². The topological polar surface area (TPSA) is 68.4 Å². The third-order valence-corrected chi connectivity index (χ3v) is 6.78. The summed E-state index contributed by atoms with van der Waals surface area (Å²) in [5.41, 5.74) is 1.68. The number of anilines is 1. The van der Waals surface area contributed by atoms with Gasteiger partial charge in [-0.1, -0.05) is 12.8 Å². The van der Waals surface area contributed by atoms with Crippen molar-refractivity contribution in [1.29, 1.82) is 0 Å². The van der Waals surface area contributed by atoms with Crippen molar-refractivity contribution in [3.05, 3.63) is 32.6 Å². The highest BCUT2D eigenvalue weighted by Crippen LogP contribution is 2.47. The van der Waals surface area contributed by atoms with E-state index in [1.807, 2.05) is 23.2 Å². The second kappa shape index (κ2) is 6.11. The maximum Gasteiger partial charge on any atom is 0.220 e. The van der Waals surface area contributed by atoms with Crippen molar-refractivity contribution >= 4 is 38.9 Å². The molecule has 4 rings (SSSR count). The van der Waals surface area contributed by atoms with E-state index in [0.717, 1.165) is 39.2 Å². The summed E-state index contributed by atoms with van der Waals surface area (Å²) < 4.78 is 1.02. The molecule has 24 heavy (non-hydrogen) atoms. The third-order valence-electron chi connectivity index (χ3n) is 5.10. The number of amides is 1. The van der Waals surface area contributed by atoms with Gasteiger partial charge < -0.3 is 20.3 Å². The molecule has 0 saturated heterocycles. The van der Waals surface area contributed by atoms with Gasteiger partial charge in [-0.05, 0) is 40.9 Å². The van der Waals surface area contributed by atoms with Crippen LogP contribution >= 0.6 is 27.3 Å². The van der Waals surface area contributed by atoms with Crippen LogP contribution in [-0.4, -0.2) is 33.0 Å². The standard InChI is InChI=1S/C17H20BrN3O2S/c1-9(22)21-12-5-3-2-4-10(12)20-11-8-19-17(23)15(11)16(21)13-6-7-14(18)24-13/h6-8,10,12,16,19-20,23H,2-5H2,1H3/t10-,12-,16-/m1/s1. The van der Waals surface area contributed by atoms with Crippen LogP contribution in [-0.2, 0) is 4.79 Å². The van der Waals surface area contributed by atoms with Crippen LogP contribution < -0.4 is 5.32 Å². The molecule has 5 nitrogen and oxygen atoms in total. The van der Waals surface area contributed by atoms with Crippen LogP contribution in [0.1, 0.15) is 49.1 Å². The average molecular weight is 410 g/mol.